The number of methoxy groups -OCH3 is 1. The van der Waals surface area contributed by atoms with E-state index in [0.29, 0.717) is 0 Å². The van der Waals surface area contributed by atoms with Crippen LogP contribution >= 0.6 is 11.6 Å². The number of pyridine rings is 1. The molecule has 1 aromatic heterocycles. The highest BCUT2D eigenvalue weighted by molar-refractivity contribution is 6.32. The van der Waals surface area contributed by atoms with E-state index in [1.807, 2.05) is 0 Å². The molecule has 6 heteroatoms. The van der Waals surface area contributed by atoms with Gasteiger partial charge in [0.25, 0.3) is 6.43 Å². The first-order chi connectivity index (χ1) is 7.06. The number of carbonyl (C=O) groups excluding carboxylic acids is 1. The molecule has 0 unspecified atom stereocenters. The number of aromatic nitrogens is 1. The summed E-state index contributed by atoms with van der Waals surface area (Å²) in [5.74, 6) is -0.573. The first kappa shape index (κ1) is 11.8. The van der Waals surface area contributed by atoms with Gasteiger partial charge in [-0.3, -0.25) is 9.78 Å². The molecular weight excluding hydrogens is 228 g/mol. The number of esters is 1. The lowest BCUT2D eigenvalue weighted by Crippen LogP contribution is -2.07. The highest BCUT2D eigenvalue weighted by Crippen LogP contribution is 2.28. The lowest BCUT2D eigenvalue weighted by atomic mass is 10.2. The standard InChI is InChI=1S/C9H8ClF2NO2/c1-15-7(14)4-6-8(10)5(9(11)12)2-3-13-6/h2-3,9H,4H2,1H3. The smallest absolute Gasteiger partial charge is 0.311 e. The molecule has 1 rings (SSSR count). The lowest BCUT2D eigenvalue weighted by molar-refractivity contribution is -0.139. The number of hydrogen-bond acceptors (Lipinski definition) is 3. The average Bonchev–Trinajstić information content (AvgIpc) is 2.20. The zero-order valence-corrected chi connectivity index (χ0v) is 8.59. The van der Waals surface area contributed by atoms with Crippen LogP contribution in [0.2, 0.25) is 5.02 Å². The maximum Gasteiger partial charge on any atom is 0.311 e. The van der Waals surface area contributed by atoms with Gasteiger partial charge < -0.3 is 4.74 Å². The first-order valence-corrected chi connectivity index (χ1v) is 4.42. The van der Waals surface area contributed by atoms with Crippen LogP contribution in [0.4, 0.5) is 8.78 Å². The number of nitrogens with zero attached hydrogens (tertiary/aromatic N) is 1. The lowest BCUT2D eigenvalue weighted by Gasteiger charge is -2.06. The van der Waals surface area contributed by atoms with Gasteiger partial charge in [0.2, 0.25) is 0 Å². The Hall–Kier alpha value is -1.23. The minimum Gasteiger partial charge on any atom is -0.469 e. The van der Waals surface area contributed by atoms with E-state index in [1.54, 1.807) is 0 Å². The van der Waals surface area contributed by atoms with Gasteiger partial charge in [-0.2, -0.15) is 0 Å². The molecular formula is C9H8ClF2NO2. The van der Waals surface area contributed by atoms with Crippen molar-refractivity contribution in [3.63, 3.8) is 0 Å². The van der Waals surface area contributed by atoms with Crippen molar-refractivity contribution in [1.82, 2.24) is 4.98 Å². The quantitative estimate of drug-likeness (QED) is 0.755. The zero-order chi connectivity index (χ0) is 11.4. The first-order valence-electron chi connectivity index (χ1n) is 4.04. The van der Waals surface area contributed by atoms with Crippen molar-refractivity contribution in [2.75, 3.05) is 7.11 Å². The third-order valence-electron chi connectivity index (χ3n) is 1.77. The van der Waals surface area contributed by atoms with Crippen LogP contribution in [0.5, 0.6) is 0 Å². The van der Waals surface area contributed by atoms with E-state index >= 15 is 0 Å². The molecule has 1 heterocycles. The third kappa shape index (κ3) is 2.86. The second-order valence-corrected chi connectivity index (χ2v) is 3.09. The minimum absolute atomic E-state index is 0.0984. The van der Waals surface area contributed by atoms with Gasteiger partial charge in [-0.05, 0) is 6.07 Å². The van der Waals surface area contributed by atoms with Crippen molar-refractivity contribution >= 4 is 17.6 Å². The maximum absolute atomic E-state index is 12.4. The molecule has 0 amide bonds. The number of carbonyl (C=O) groups is 1. The Labute approximate surface area is 90.0 Å². The van der Waals surface area contributed by atoms with E-state index < -0.39 is 12.4 Å². The summed E-state index contributed by atoms with van der Waals surface area (Å²) in [7, 11) is 1.20. The Bertz CT molecular complexity index is 371. The Morgan fingerprint density at radius 2 is 2.33 bits per heavy atom. The molecule has 0 aliphatic carbocycles. The van der Waals surface area contributed by atoms with E-state index in [9.17, 15) is 13.6 Å². The molecule has 82 valence electrons. The van der Waals surface area contributed by atoms with Crippen LogP contribution in [0.1, 0.15) is 17.7 Å². The fourth-order valence-corrected chi connectivity index (χ4v) is 1.27. The molecule has 1 aromatic rings. The van der Waals surface area contributed by atoms with E-state index in [4.69, 9.17) is 11.6 Å². The summed E-state index contributed by atoms with van der Waals surface area (Å²) < 4.78 is 29.2. The molecule has 0 aromatic carbocycles. The van der Waals surface area contributed by atoms with E-state index in [-0.39, 0.29) is 22.7 Å². The molecule has 0 N–H and O–H groups in total. The van der Waals surface area contributed by atoms with E-state index in [0.717, 1.165) is 6.07 Å². The third-order valence-corrected chi connectivity index (χ3v) is 2.20. The minimum atomic E-state index is -2.68. The van der Waals surface area contributed by atoms with Crippen molar-refractivity contribution < 1.29 is 18.3 Å². The van der Waals surface area contributed by atoms with Gasteiger partial charge in [0.05, 0.1) is 24.2 Å². The topological polar surface area (TPSA) is 39.2 Å². The number of ether oxygens (including phenoxy) is 1. The van der Waals surface area contributed by atoms with Crippen molar-refractivity contribution in [3.8, 4) is 0 Å². The van der Waals surface area contributed by atoms with Crippen molar-refractivity contribution in [2.45, 2.75) is 12.8 Å². The van der Waals surface area contributed by atoms with Crippen LogP contribution in [0.15, 0.2) is 12.3 Å². The number of hydrogen-bond donors (Lipinski definition) is 0. The van der Waals surface area contributed by atoms with Crippen molar-refractivity contribution in [3.05, 3.63) is 28.5 Å². The van der Waals surface area contributed by atoms with Gasteiger partial charge in [0.1, 0.15) is 0 Å². The molecule has 0 saturated carbocycles. The summed E-state index contributed by atoms with van der Waals surface area (Å²) in [6, 6.07) is 1.12. The highest BCUT2D eigenvalue weighted by atomic mass is 35.5. The van der Waals surface area contributed by atoms with Gasteiger partial charge in [-0.15, -0.1) is 0 Å². The monoisotopic (exact) mass is 235 g/mol. The molecule has 0 spiro atoms. The molecule has 0 atom stereocenters. The molecule has 0 radical (unpaired) electrons. The summed E-state index contributed by atoms with van der Waals surface area (Å²) >= 11 is 5.65. The average molecular weight is 236 g/mol. The molecule has 0 bridgehead atoms. The van der Waals surface area contributed by atoms with Crippen LogP contribution in [0, 0.1) is 0 Å². The van der Waals surface area contributed by atoms with Crippen LogP contribution in [-0.4, -0.2) is 18.1 Å². The molecule has 0 saturated heterocycles. The van der Waals surface area contributed by atoms with Gasteiger partial charge >= 0.3 is 5.97 Å². The fourth-order valence-electron chi connectivity index (χ4n) is 1.00. The predicted molar refractivity (Wildman–Crippen MR) is 49.9 cm³/mol. The normalized spacial score (nSPS) is 10.5. The molecule has 0 aliphatic rings. The molecule has 0 fully saturated rings. The Morgan fingerprint density at radius 1 is 1.67 bits per heavy atom. The predicted octanol–water partition coefficient (Wildman–Crippen LogP) is 2.39. The van der Waals surface area contributed by atoms with Crippen LogP contribution < -0.4 is 0 Å². The number of alkyl halides is 2. The fraction of sp³-hybridized carbons (Fsp3) is 0.333. The summed E-state index contributed by atoms with van der Waals surface area (Å²) in [5.41, 5.74) is -0.230. The van der Waals surface area contributed by atoms with E-state index in [2.05, 4.69) is 9.72 Å². The molecule has 0 aliphatic heterocycles. The number of halogens is 3. The highest BCUT2D eigenvalue weighted by Gasteiger charge is 2.17. The largest absolute Gasteiger partial charge is 0.469 e. The summed E-state index contributed by atoms with van der Waals surface area (Å²) in [4.78, 5) is 14.6. The van der Waals surface area contributed by atoms with E-state index in [1.165, 1.54) is 13.3 Å². The summed E-state index contributed by atoms with van der Waals surface area (Å²) in [6.07, 6.45) is -1.71. The molecule has 3 nitrogen and oxygen atoms in total. The maximum atomic E-state index is 12.4. The van der Waals surface area contributed by atoms with Crippen LogP contribution in [-0.2, 0) is 16.0 Å². The Balaban J connectivity index is 2.99. The van der Waals surface area contributed by atoms with Crippen molar-refractivity contribution in [1.29, 1.82) is 0 Å². The summed E-state index contributed by atoms with van der Waals surface area (Å²) in [5, 5.41) is -0.182. The van der Waals surface area contributed by atoms with Crippen LogP contribution in [0.25, 0.3) is 0 Å². The van der Waals surface area contributed by atoms with Gasteiger partial charge in [0, 0.05) is 11.8 Å². The summed E-state index contributed by atoms with van der Waals surface area (Å²) in [6.45, 7) is 0. The second kappa shape index (κ2) is 5.02. The van der Waals surface area contributed by atoms with Crippen LogP contribution in [0.3, 0.4) is 0 Å². The van der Waals surface area contributed by atoms with Crippen molar-refractivity contribution in [2.24, 2.45) is 0 Å². The van der Waals surface area contributed by atoms with Gasteiger partial charge in [0.15, 0.2) is 0 Å². The Kier molecular flexibility index (Phi) is 3.96. The SMILES string of the molecule is COC(=O)Cc1nccc(C(F)F)c1Cl. The second-order valence-electron chi connectivity index (χ2n) is 2.71. The van der Waals surface area contributed by atoms with Gasteiger partial charge in [-0.1, -0.05) is 11.6 Å². The number of rotatable bonds is 3. The molecule has 15 heavy (non-hydrogen) atoms. The van der Waals surface area contributed by atoms with Gasteiger partial charge in [-0.25, -0.2) is 8.78 Å². The zero-order valence-electron chi connectivity index (χ0n) is 7.84. The Morgan fingerprint density at radius 3 is 2.87 bits per heavy atom.